The predicted octanol–water partition coefficient (Wildman–Crippen LogP) is 1.87. The van der Waals surface area contributed by atoms with Crippen molar-refractivity contribution >= 4 is 5.69 Å². The van der Waals surface area contributed by atoms with E-state index in [9.17, 15) is 0 Å². The van der Waals surface area contributed by atoms with Crippen LogP contribution in [0.1, 0.15) is 13.3 Å². The third kappa shape index (κ3) is 2.54. The number of pyridine rings is 1. The fourth-order valence-corrected chi connectivity index (χ4v) is 2.94. The van der Waals surface area contributed by atoms with Crippen LogP contribution in [0.2, 0.25) is 0 Å². The van der Waals surface area contributed by atoms with Crippen molar-refractivity contribution in [3.05, 3.63) is 31.0 Å². The Morgan fingerprint density at radius 2 is 2.25 bits per heavy atom. The molecule has 1 fully saturated rings. The molecule has 1 aliphatic rings. The fourth-order valence-electron chi connectivity index (χ4n) is 2.94. The smallest absolute Gasteiger partial charge is 0.0951 e. The molecule has 106 valence electrons. The third-order valence-electron chi connectivity index (χ3n) is 4.12. The minimum Gasteiger partial charge on any atom is -0.398 e. The van der Waals surface area contributed by atoms with Crippen molar-refractivity contribution in [3.63, 3.8) is 0 Å². The molecule has 1 aliphatic heterocycles. The first-order chi connectivity index (χ1) is 9.78. The molecule has 20 heavy (non-hydrogen) atoms. The molecule has 3 heterocycles. The highest BCUT2D eigenvalue weighted by atomic mass is 15.2. The van der Waals surface area contributed by atoms with E-state index in [1.165, 1.54) is 19.5 Å². The van der Waals surface area contributed by atoms with Gasteiger partial charge in [0.25, 0.3) is 0 Å². The van der Waals surface area contributed by atoms with Gasteiger partial charge in [-0.1, -0.05) is 6.92 Å². The molecule has 0 spiro atoms. The van der Waals surface area contributed by atoms with Crippen LogP contribution < -0.4 is 5.73 Å². The summed E-state index contributed by atoms with van der Waals surface area (Å²) in [6, 6.07) is 1.83. The van der Waals surface area contributed by atoms with Gasteiger partial charge in [0.1, 0.15) is 0 Å². The quantitative estimate of drug-likeness (QED) is 0.922. The Kier molecular flexibility index (Phi) is 3.69. The highest BCUT2D eigenvalue weighted by Crippen LogP contribution is 2.26. The zero-order valence-electron chi connectivity index (χ0n) is 11.9. The van der Waals surface area contributed by atoms with E-state index in [1.807, 2.05) is 24.8 Å². The van der Waals surface area contributed by atoms with Crippen LogP contribution in [-0.4, -0.2) is 39.1 Å². The van der Waals surface area contributed by atoms with Crippen LogP contribution in [0.25, 0.3) is 11.3 Å². The molecular weight excluding hydrogens is 250 g/mol. The lowest BCUT2D eigenvalue weighted by Gasteiger charge is -2.15. The summed E-state index contributed by atoms with van der Waals surface area (Å²) < 4.78 is 2.21. The zero-order valence-corrected chi connectivity index (χ0v) is 11.9. The average molecular weight is 271 g/mol. The fraction of sp³-hybridized carbons (Fsp3) is 0.467. The lowest BCUT2D eigenvalue weighted by atomic mass is 10.1. The van der Waals surface area contributed by atoms with Gasteiger partial charge in [0.15, 0.2) is 0 Å². The van der Waals surface area contributed by atoms with E-state index >= 15 is 0 Å². The molecule has 5 heteroatoms. The monoisotopic (exact) mass is 271 g/mol. The molecule has 1 atom stereocenters. The van der Waals surface area contributed by atoms with Crippen LogP contribution in [0.4, 0.5) is 5.69 Å². The molecule has 1 unspecified atom stereocenters. The Balaban J connectivity index is 1.79. The van der Waals surface area contributed by atoms with Gasteiger partial charge in [-0.2, -0.15) is 0 Å². The van der Waals surface area contributed by atoms with E-state index in [-0.39, 0.29) is 0 Å². The van der Waals surface area contributed by atoms with E-state index in [0.29, 0.717) is 5.92 Å². The van der Waals surface area contributed by atoms with Crippen molar-refractivity contribution in [1.29, 1.82) is 0 Å². The van der Waals surface area contributed by atoms with E-state index in [2.05, 4.69) is 26.4 Å². The molecular formula is C15H21N5. The van der Waals surface area contributed by atoms with Crippen molar-refractivity contribution in [2.45, 2.75) is 19.9 Å². The van der Waals surface area contributed by atoms with Gasteiger partial charge in [-0.05, 0) is 31.5 Å². The molecule has 0 radical (unpaired) electrons. The van der Waals surface area contributed by atoms with Gasteiger partial charge in [-0.25, -0.2) is 4.98 Å². The normalized spacial score (nSPS) is 19.6. The molecule has 5 nitrogen and oxygen atoms in total. The summed E-state index contributed by atoms with van der Waals surface area (Å²) in [7, 11) is 0. The molecule has 0 bridgehead atoms. The van der Waals surface area contributed by atoms with Crippen LogP contribution in [0, 0.1) is 5.92 Å². The number of hydrogen-bond acceptors (Lipinski definition) is 4. The number of imidazole rings is 1. The van der Waals surface area contributed by atoms with Gasteiger partial charge < -0.3 is 15.2 Å². The Bertz CT molecular complexity index is 577. The molecule has 3 rings (SSSR count). The first-order valence-corrected chi connectivity index (χ1v) is 7.20. The lowest BCUT2D eigenvalue weighted by Crippen LogP contribution is -2.21. The predicted molar refractivity (Wildman–Crippen MR) is 80.1 cm³/mol. The largest absolute Gasteiger partial charge is 0.398 e. The first-order valence-electron chi connectivity index (χ1n) is 7.20. The maximum absolute atomic E-state index is 6.04. The van der Waals surface area contributed by atoms with Crippen molar-refractivity contribution in [1.82, 2.24) is 19.4 Å². The second-order valence-electron chi connectivity index (χ2n) is 5.44. The van der Waals surface area contributed by atoms with Crippen LogP contribution in [0.5, 0.6) is 0 Å². The number of nitrogens with two attached hydrogens (primary N) is 1. The van der Waals surface area contributed by atoms with Crippen LogP contribution in [-0.2, 0) is 6.54 Å². The van der Waals surface area contributed by atoms with E-state index in [0.717, 1.165) is 30.0 Å². The van der Waals surface area contributed by atoms with Crippen molar-refractivity contribution in [2.75, 3.05) is 25.4 Å². The summed E-state index contributed by atoms with van der Waals surface area (Å²) in [5.74, 6) is 0.695. The van der Waals surface area contributed by atoms with Gasteiger partial charge >= 0.3 is 0 Å². The third-order valence-corrected chi connectivity index (χ3v) is 4.12. The molecule has 0 saturated carbocycles. The summed E-state index contributed by atoms with van der Waals surface area (Å²) in [6.45, 7) is 6.75. The molecule has 0 aromatic carbocycles. The van der Waals surface area contributed by atoms with E-state index in [4.69, 9.17) is 5.73 Å². The number of rotatable bonds is 4. The highest BCUT2D eigenvalue weighted by Gasteiger charge is 2.22. The number of anilines is 1. The molecule has 0 amide bonds. The topological polar surface area (TPSA) is 60.0 Å². The van der Waals surface area contributed by atoms with E-state index in [1.54, 1.807) is 6.20 Å². The van der Waals surface area contributed by atoms with Gasteiger partial charge in [-0.3, -0.25) is 4.98 Å². The van der Waals surface area contributed by atoms with Gasteiger partial charge in [0.05, 0.1) is 18.2 Å². The van der Waals surface area contributed by atoms with Crippen LogP contribution >= 0.6 is 0 Å². The molecule has 1 saturated heterocycles. The standard InChI is InChI=1S/C15H21N5/c1-2-19-6-4-12(9-19)10-20-11-18-8-15(20)13-7-17-5-3-14(13)16/h3,5,7-8,11-12H,2,4,6,9-10H2,1H3,(H2,16,17). The minimum absolute atomic E-state index is 0.695. The highest BCUT2D eigenvalue weighted by molar-refractivity contribution is 5.72. The first kappa shape index (κ1) is 13.1. The number of nitrogens with zero attached hydrogens (tertiary/aromatic N) is 4. The Labute approximate surface area is 119 Å². The SMILES string of the molecule is CCN1CCC(Cn2cncc2-c2cnccc2N)C1. The second-order valence-corrected chi connectivity index (χ2v) is 5.44. The molecule has 0 aliphatic carbocycles. The number of hydrogen-bond donors (Lipinski definition) is 1. The molecule has 2 aromatic rings. The Morgan fingerprint density at radius 3 is 3.00 bits per heavy atom. The molecule has 2 N–H and O–H groups in total. The Hall–Kier alpha value is -1.88. The average Bonchev–Trinajstić information content (AvgIpc) is 3.09. The van der Waals surface area contributed by atoms with E-state index < -0.39 is 0 Å². The second kappa shape index (κ2) is 5.63. The lowest BCUT2D eigenvalue weighted by molar-refractivity contribution is 0.333. The van der Waals surface area contributed by atoms with Crippen LogP contribution in [0.3, 0.4) is 0 Å². The summed E-state index contributed by atoms with van der Waals surface area (Å²) in [5, 5.41) is 0. The Morgan fingerprint density at radius 1 is 1.35 bits per heavy atom. The summed E-state index contributed by atoms with van der Waals surface area (Å²) >= 11 is 0. The summed E-state index contributed by atoms with van der Waals surface area (Å²) in [6.07, 6.45) is 8.57. The minimum atomic E-state index is 0.695. The number of likely N-dealkylation sites (tertiary alicyclic amines) is 1. The van der Waals surface area contributed by atoms with Crippen molar-refractivity contribution in [3.8, 4) is 11.3 Å². The number of aromatic nitrogens is 3. The molecule has 2 aromatic heterocycles. The summed E-state index contributed by atoms with van der Waals surface area (Å²) in [4.78, 5) is 11.0. The van der Waals surface area contributed by atoms with Crippen LogP contribution in [0.15, 0.2) is 31.0 Å². The van der Waals surface area contributed by atoms with Gasteiger partial charge in [0, 0.05) is 36.7 Å². The zero-order chi connectivity index (χ0) is 13.9. The maximum Gasteiger partial charge on any atom is 0.0951 e. The number of nitrogen functional groups attached to an aromatic ring is 1. The van der Waals surface area contributed by atoms with Gasteiger partial charge in [-0.15, -0.1) is 0 Å². The van der Waals surface area contributed by atoms with Gasteiger partial charge in [0.2, 0.25) is 0 Å². The van der Waals surface area contributed by atoms with Crippen molar-refractivity contribution in [2.24, 2.45) is 5.92 Å². The summed E-state index contributed by atoms with van der Waals surface area (Å²) in [5.41, 5.74) is 8.82. The van der Waals surface area contributed by atoms with Crippen molar-refractivity contribution < 1.29 is 0 Å². The maximum atomic E-state index is 6.04.